The normalized spacial score (nSPS) is 14.6. The lowest BCUT2D eigenvalue weighted by atomic mass is 9.89. The van der Waals surface area contributed by atoms with Gasteiger partial charge >= 0.3 is 0 Å². The van der Waals surface area contributed by atoms with E-state index < -0.39 is 0 Å². The van der Waals surface area contributed by atoms with E-state index in [-0.39, 0.29) is 0 Å². The van der Waals surface area contributed by atoms with Crippen LogP contribution in [-0.4, -0.2) is 12.6 Å². The first kappa shape index (κ1) is 16.7. The Morgan fingerprint density at radius 3 is 2.53 bits per heavy atom. The topological polar surface area (TPSA) is 12.0 Å². The zero-order valence-electron chi connectivity index (χ0n) is 12.7. The Balaban J connectivity index is 2.61. The van der Waals surface area contributed by atoms with Crippen LogP contribution in [0.5, 0.6) is 0 Å². The molecule has 1 aromatic carbocycles. The van der Waals surface area contributed by atoms with Crippen molar-refractivity contribution in [3.05, 3.63) is 34.3 Å². The van der Waals surface area contributed by atoms with Gasteiger partial charge in [-0.2, -0.15) is 0 Å². The molecule has 1 nitrogen and oxygen atoms in total. The highest BCUT2D eigenvalue weighted by molar-refractivity contribution is 9.10. The Labute approximate surface area is 127 Å². The average Bonchev–Trinajstić information content (AvgIpc) is 2.35. The molecule has 2 unspecified atom stereocenters. The second-order valence-electron chi connectivity index (χ2n) is 6.01. The maximum Gasteiger partial charge on any atom is 0.0177 e. The lowest BCUT2D eigenvalue weighted by Crippen LogP contribution is -2.30. The molecule has 0 saturated carbocycles. The minimum atomic E-state index is 0.571. The fourth-order valence-corrected chi connectivity index (χ4v) is 2.82. The molecule has 1 rings (SSSR count). The van der Waals surface area contributed by atoms with Crippen LogP contribution in [0.3, 0.4) is 0 Å². The highest BCUT2D eigenvalue weighted by Crippen LogP contribution is 2.21. The number of benzene rings is 1. The van der Waals surface area contributed by atoms with Gasteiger partial charge in [0.2, 0.25) is 0 Å². The fourth-order valence-electron chi connectivity index (χ4n) is 2.37. The molecule has 0 saturated heterocycles. The molecule has 0 spiro atoms. The minimum Gasteiger partial charge on any atom is -0.314 e. The van der Waals surface area contributed by atoms with Gasteiger partial charge in [-0.15, -0.1) is 0 Å². The molecular weight excluding hydrogens is 298 g/mol. The van der Waals surface area contributed by atoms with E-state index in [0.717, 1.165) is 18.4 Å². The second-order valence-corrected chi connectivity index (χ2v) is 6.93. The maximum atomic E-state index is 3.60. The smallest absolute Gasteiger partial charge is 0.0177 e. The number of nitrogens with one attached hydrogen (secondary N) is 1. The molecule has 0 aromatic heterocycles. The van der Waals surface area contributed by atoms with Crippen molar-refractivity contribution in [3.63, 3.8) is 0 Å². The van der Waals surface area contributed by atoms with Gasteiger partial charge in [0, 0.05) is 10.5 Å². The molecule has 0 aliphatic carbocycles. The van der Waals surface area contributed by atoms with Crippen molar-refractivity contribution >= 4 is 15.9 Å². The third-order valence-corrected chi connectivity index (χ3v) is 4.15. The maximum absolute atomic E-state index is 3.60. The quantitative estimate of drug-likeness (QED) is 0.705. The van der Waals surface area contributed by atoms with Gasteiger partial charge in [-0.25, -0.2) is 0 Å². The van der Waals surface area contributed by atoms with Gasteiger partial charge in [0.1, 0.15) is 0 Å². The fraction of sp³-hybridized carbons (Fsp3) is 0.647. The van der Waals surface area contributed by atoms with Crippen molar-refractivity contribution < 1.29 is 0 Å². The summed E-state index contributed by atoms with van der Waals surface area (Å²) in [4.78, 5) is 0. The summed E-state index contributed by atoms with van der Waals surface area (Å²) in [7, 11) is 0. The predicted molar refractivity (Wildman–Crippen MR) is 88.5 cm³/mol. The highest BCUT2D eigenvalue weighted by Gasteiger charge is 2.13. The summed E-state index contributed by atoms with van der Waals surface area (Å²) in [6.07, 6.45) is 3.75. The van der Waals surface area contributed by atoms with E-state index in [9.17, 15) is 0 Å². The molecular formula is C17H28BrN. The van der Waals surface area contributed by atoms with Gasteiger partial charge in [0.15, 0.2) is 0 Å². The Morgan fingerprint density at radius 2 is 1.95 bits per heavy atom. The van der Waals surface area contributed by atoms with Crippen LogP contribution in [0.2, 0.25) is 0 Å². The van der Waals surface area contributed by atoms with Crippen LogP contribution in [0.1, 0.15) is 46.1 Å². The van der Waals surface area contributed by atoms with E-state index in [1.54, 1.807) is 0 Å². The molecule has 0 fully saturated rings. The van der Waals surface area contributed by atoms with Crippen LogP contribution in [0.4, 0.5) is 0 Å². The zero-order valence-corrected chi connectivity index (χ0v) is 14.3. The summed E-state index contributed by atoms with van der Waals surface area (Å²) in [6.45, 7) is 10.2. The van der Waals surface area contributed by atoms with Gasteiger partial charge in [-0.3, -0.25) is 0 Å². The first-order valence-corrected chi connectivity index (χ1v) is 8.28. The average molecular weight is 326 g/mol. The molecule has 108 valence electrons. The van der Waals surface area contributed by atoms with Crippen LogP contribution in [0.25, 0.3) is 0 Å². The highest BCUT2D eigenvalue weighted by atomic mass is 79.9. The summed E-state index contributed by atoms with van der Waals surface area (Å²) in [5.74, 6) is 1.54. The van der Waals surface area contributed by atoms with Crippen LogP contribution in [0, 0.1) is 11.8 Å². The monoisotopic (exact) mass is 325 g/mol. The van der Waals surface area contributed by atoms with E-state index >= 15 is 0 Å². The minimum absolute atomic E-state index is 0.571. The van der Waals surface area contributed by atoms with E-state index in [2.05, 4.69) is 73.2 Å². The lowest BCUT2D eigenvalue weighted by molar-refractivity contribution is 0.354. The van der Waals surface area contributed by atoms with Crippen molar-refractivity contribution in [2.75, 3.05) is 6.54 Å². The molecule has 0 heterocycles. The van der Waals surface area contributed by atoms with E-state index in [0.29, 0.717) is 6.04 Å². The first-order chi connectivity index (χ1) is 9.01. The van der Waals surface area contributed by atoms with Crippen LogP contribution >= 0.6 is 15.9 Å². The standard InChI is InChI=1S/C17H28BrN/c1-5-14(4)9-16(12-19-13(2)3)10-15-7-6-8-17(18)11-15/h6-8,11,13-14,16,19H,5,9-10,12H2,1-4H3. The Kier molecular flexibility index (Phi) is 7.70. The van der Waals surface area contributed by atoms with Crippen LogP contribution < -0.4 is 5.32 Å². The summed E-state index contributed by atoms with van der Waals surface area (Å²) in [5, 5.41) is 3.60. The van der Waals surface area contributed by atoms with E-state index in [4.69, 9.17) is 0 Å². The summed E-state index contributed by atoms with van der Waals surface area (Å²) >= 11 is 3.56. The van der Waals surface area contributed by atoms with Crippen molar-refractivity contribution in [2.45, 2.75) is 53.0 Å². The first-order valence-electron chi connectivity index (χ1n) is 7.49. The van der Waals surface area contributed by atoms with Gasteiger partial charge in [-0.05, 0) is 48.9 Å². The Morgan fingerprint density at radius 1 is 1.21 bits per heavy atom. The summed E-state index contributed by atoms with van der Waals surface area (Å²) in [5.41, 5.74) is 1.44. The number of hydrogen-bond acceptors (Lipinski definition) is 1. The van der Waals surface area contributed by atoms with Crippen molar-refractivity contribution in [1.82, 2.24) is 5.32 Å². The molecule has 0 bridgehead atoms. The molecule has 19 heavy (non-hydrogen) atoms. The molecule has 0 aliphatic heterocycles. The van der Waals surface area contributed by atoms with Crippen molar-refractivity contribution in [3.8, 4) is 0 Å². The molecule has 0 amide bonds. The third kappa shape index (κ3) is 7.12. The van der Waals surface area contributed by atoms with Gasteiger partial charge in [0.05, 0.1) is 0 Å². The van der Waals surface area contributed by atoms with Crippen LogP contribution in [-0.2, 0) is 6.42 Å². The number of rotatable bonds is 8. The number of halogens is 1. The van der Waals surface area contributed by atoms with Crippen molar-refractivity contribution in [1.29, 1.82) is 0 Å². The van der Waals surface area contributed by atoms with Gasteiger partial charge < -0.3 is 5.32 Å². The molecule has 0 aliphatic rings. The SMILES string of the molecule is CCC(C)CC(CNC(C)C)Cc1cccc(Br)c1. The van der Waals surface area contributed by atoms with Crippen LogP contribution in [0.15, 0.2) is 28.7 Å². The molecule has 2 heteroatoms. The van der Waals surface area contributed by atoms with E-state index in [1.165, 1.54) is 29.3 Å². The molecule has 1 N–H and O–H groups in total. The Hall–Kier alpha value is -0.340. The summed E-state index contributed by atoms with van der Waals surface area (Å²) < 4.78 is 1.18. The predicted octanol–water partition coefficient (Wildman–Crippen LogP) is 5.04. The largest absolute Gasteiger partial charge is 0.314 e. The van der Waals surface area contributed by atoms with Crippen molar-refractivity contribution in [2.24, 2.45) is 11.8 Å². The van der Waals surface area contributed by atoms with E-state index in [1.807, 2.05) is 0 Å². The Bertz CT molecular complexity index is 362. The molecule has 0 radical (unpaired) electrons. The lowest BCUT2D eigenvalue weighted by Gasteiger charge is -2.22. The second kappa shape index (κ2) is 8.76. The summed E-state index contributed by atoms with van der Waals surface area (Å²) in [6, 6.07) is 9.29. The van der Waals surface area contributed by atoms with Gasteiger partial charge in [-0.1, -0.05) is 62.2 Å². The zero-order chi connectivity index (χ0) is 14.3. The molecule has 1 aromatic rings. The third-order valence-electron chi connectivity index (χ3n) is 3.66. The number of hydrogen-bond donors (Lipinski definition) is 1. The van der Waals surface area contributed by atoms with Gasteiger partial charge in [0.25, 0.3) is 0 Å². The molecule has 2 atom stereocenters.